The minimum absolute atomic E-state index is 0.0655. The molecular formula is C9H10ClNO3S2. The van der Waals surface area contributed by atoms with Crippen molar-refractivity contribution in [2.45, 2.75) is 11.4 Å². The summed E-state index contributed by atoms with van der Waals surface area (Å²) in [6.07, 6.45) is 0. The average molecular weight is 280 g/mol. The van der Waals surface area contributed by atoms with E-state index < -0.39 is 21.3 Å². The van der Waals surface area contributed by atoms with Gasteiger partial charge in [-0.05, 0) is 11.4 Å². The van der Waals surface area contributed by atoms with Crippen LogP contribution in [0.4, 0.5) is 0 Å². The molecule has 2 rings (SSSR count). The van der Waals surface area contributed by atoms with Gasteiger partial charge in [0.1, 0.15) is 0 Å². The number of carbonyl (C=O) groups is 1. The van der Waals surface area contributed by atoms with E-state index in [1.54, 1.807) is 17.5 Å². The highest BCUT2D eigenvalue weighted by molar-refractivity contribution is 7.91. The molecule has 1 N–H and O–H groups in total. The van der Waals surface area contributed by atoms with Crippen molar-refractivity contribution in [3.8, 4) is 0 Å². The van der Waals surface area contributed by atoms with Crippen molar-refractivity contribution in [3.05, 3.63) is 22.4 Å². The first kappa shape index (κ1) is 11.9. The Morgan fingerprint density at radius 2 is 2.25 bits per heavy atom. The van der Waals surface area contributed by atoms with Gasteiger partial charge in [-0.3, -0.25) is 4.79 Å². The summed E-state index contributed by atoms with van der Waals surface area (Å²) in [7, 11) is -3.10. The molecule has 0 aromatic carbocycles. The van der Waals surface area contributed by atoms with E-state index in [1.165, 1.54) is 11.3 Å². The number of alkyl halides is 1. The number of amides is 1. The first-order valence-electron chi connectivity index (χ1n) is 4.67. The van der Waals surface area contributed by atoms with E-state index >= 15 is 0 Å². The Kier molecular flexibility index (Phi) is 3.23. The third-order valence-corrected chi connectivity index (χ3v) is 5.59. The molecule has 0 saturated carbocycles. The van der Waals surface area contributed by atoms with E-state index in [1.807, 2.05) is 0 Å². The van der Waals surface area contributed by atoms with Crippen LogP contribution in [0, 0.1) is 0 Å². The maximum Gasteiger partial charge on any atom is 0.261 e. The van der Waals surface area contributed by atoms with Gasteiger partial charge in [0.15, 0.2) is 9.84 Å². The number of thiophene rings is 1. The lowest BCUT2D eigenvalue weighted by Crippen LogP contribution is -2.40. The second-order valence-corrected chi connectivity index (χ2v) is 7.31. The Morgan fingerprint density at radius 1 is 1.50 bits per heavy atom. The van der Waals surface area contributed by atoms with Crippen LogP contribution in [0.15, 0.2) is 17.5 Å². The molecule has 0 radical (unpaired) electrons. The van der Waals surface area contributed by atoms with E-state index in [-0.39, 0.29) is 17.4 Å². The van der Waals surface area contributed by atoms with E-state index in [0.717, 1.165) is 0 Å². The minimum Gasteiger partial charge on any atom is -0.346 e. The van der Waals surface area contributed by atoms with Crippen LogP contribution in [0.3, 0.4) is 0 Å². The molecule has 1 amide bonds. The highest BCUT2D eigenvalue weighted by atomic mass is 35.5. The molecule has 0 aliphatic carbocycles. The number of hydrogen-bond acceptors (Lipinski definition) is 4. The van der Waals surface area contributed by atoms with Gasteiger partial charge in [0, 0.05) is 0 Å². The Labute approximate surface area is 103 Å². The zero-order valence-electron chi connectivity index (χ0n) is 8.22. The Hall–Kier alpha value is -0.590. The van der Waals surface area contributed by atoms with Crippen LogP contribution in [0.5, 0.6) is 0 Å². The standard InChI is InChI=1S/C9H10ClNO3S2/c10-6-4-16(13,14)5-7(6)11-9(12)8-2-1-3-15-8/h1-3,6-7H,4-5H2,(H,11,12)/t6-,7+/m0/s1. The predicted molar refractivity (Wildman–Crippen MR) is 63.9 cm³/mol. The monoisotopic (exact) mass is 279 g/mol. The van der Waals surface area contributed by atoms with Gasteiger partial charge in [0.25, 0.3) is 5.91 Å². The third kappa shape index (κ3) is 2.56. The Balaban J connectivity index is 2.04. The van der Waals surface area contributed by atoms with Gasteiger partial charge in [-0.15, -0.1) is 22.9 Å². The molecule has 4 nitrogen and oxygen atoms in total. The highest BCUT2D eigenvalue weighted by Gasteiger charge is 2.37. The lowest BCUT2D eigenvalue weighted by atomic mass is 10.2. The van der Waals surface area contributed by atoms with E-state index in [2.05, 4.69) is 5.32 Å². The summed E-state index contributed by atoms with van der Waals surface area (Å²) in [5.41, 5.74) is 0. The normalized spacial score (nSPS) is 27.8. The van der Waals surface area contributed by atoms with Crippen LogP contribution < -0.4 is 5.32 Å². The van der Waals surface area contributed by atoms with Gasteiger partial charge < -0.3 is 5.32 Å². The molecule has 16 heavy (non-hydrogen) atoms. The van der Waals surface area contributed by atoms with E-state index in [9.17, 15) is 13.2 Å². The maximum atomic E-state index is 11.7. The van der Waals surface area contributed by atoms with Crippen LogP contribution in [0.25, 0.3) is 0 Å². The molecule has 0 bridgehead atoms. The van der Waals surface area contributed by atoms with Crippen molar-refractivity contribution in [2.75, 3.05) is 11.5 Å². The Bertz CT molecular complexity index is 483. The fraction of sp³-hybridized carbons (Fsp3) is 0.444. The lowest BCUT2D eigenvalue weighted by Gasteiger charge is -2.13. The van der Waals surface area contributed by atoms with Crippen molar-refractivity contribution >= 4 is 38.7 Å². The number of rotatable bonds is 2. The van der Waals surface area contributed by atoms with Gasteiger partial charge >= 0.3 is 0 Å². The number of carbonyl (C=O) groups excluding carboxylic acids is 1. The molecule has 2 atom stereocenters. The molecule has 1 aromatic heterocycles. The van der Waals surface area contributed by atoms with Crippen molar-refractivity contribution in [3.63, 3.8) is 0 Å². The molecule has 1 saturated heterocycles. The molecule has 1 aromatic rings. The van der Waals surface area contributed by atoms with Gasteiger partial charge in [-0.2, -0.15) is 0 Å². The minimum atomic E-state index is -3.10. The van der Waals surface area contributed by atoms with Crippen molar-refractivity contribution < 1.29 is 13.2 Å². The molecule has 0 spiro atoms. The van der Waals surface area contributed by atoms with Gasteiger partial charge in [-0.1, -0.05) is 6.07 Å². The van der Waals surface area contributed by atoms with Crippen LogP contribution in [0.1, 0.15) is 9.67 Å². The van der Waals surface area contributed by atoms with E-state index in [0.29, 0.717) is 4.88 Å². The quantitative estimate of drug-likeness (QED) is 0.818. The summed E-state index contributed by atoms with van der Waals surface area (Å²) in [4.78, 5) is 12.2. The van der Waals surface area contributed by atoms with Crippen LogP contribution in [-0.2, 0) is 9.84 Å². The third-order valence-electron chi connectivity index (χ3n) is 2.34. The first-order chi connectivity index (χ1) is 7.48. The summed E-state index contributed by atoms with van der Waals surface area (Å²) in [6.45, 7) is 0. The molecular weight excluding hydrogens is 270 g/mol. The Morgan fingerprint density at radius 3 is 2.75 bits per heavy atom. The largest absolute Gasteiger partial charge is 0.346 e. The van der Waals surface area contributed by atoms with Gasteiger partial charge in [-0.25, -0.2) is 8.42 Å². The topological polar surface area (TPSA) is 63.2 Å². The molecule has 0 unspecified atom stereocenters. The zero-order chi connectivity index (χ0) is 11.8. The van der Waals surface area contributed by atoms with Crippen molar-refractivity contribution in [1.29, 1.82) is 0 Å². The number of hydrogen-bond donors (Lipinski definition) is 1. The van der Waals surface area contributed by atoms with Crippen LogP contribution in [-0.4, -0.2) is 37.2 Å². The second-order valence-electron chi connectivity index (χ2n) is 3.65. The predicted octanol–water partition coefficient (Wildman–Crippen LogP) is 0.882. The second kappa shape index (κ2) is 4.35. The summed E-state index contributed by atoms with van der Waals surface area (Å²) >= 11 is 7.19. The van der Waals surface area contributed by atoms with Crippen molar-refractivity contribution in [2.24, 2.45) is 0 Å². The lowest BCUT2D eigenvalue weighted by molar-refractivity contribution is 0.0945. The summed E-state index contributed by atoms with van der Waals surface area (Å²) in [5, 5.41) is 3.90. The molecule has 7 heteroatoms. The molecule has 2 heterocycles. The number of halogens is 1. The number of sulfone groups is 1. The summed E-state index contributed by atoms with van der Waals surface area (Å²) < 4.78 is 22.6. The molecule has 88 valence electrons. The molecule has 1 aliphatic heterocycles. The zero-order valence-corrected chi connectivity index (χ0v) is 10.6. The smallest absolute Gasteiger partial charge is 0.261 e. The van der Waals surface area contributed by atoms with Gasteiger partial charge in [0.05, 0.1) is 27.8 Å². The maximum absolute atomic E-state index is 11.7. The first-order valence-corrected chi connectivity index (χ1v) is 7.80. The van der Waals surface area contributed by atoms with Crippen molar-refractivity contribution in [1.82, 2.24) is 5.32 Å². The van der Waals surface area contributed by atoms with Crippen LogP contribution in [0.2, 0.25) is 0 Å². The van der Waals surface area contributed by atoms with Crippen LogP contribution >= 0.6 is 22.9 Å². The summed E-state index contributed by atoms with van der Waals surface area (Å²) in [6, 6.07) is 2.97. The van der Waals surface area contributed by atoms with Gasteiger partial charge in [0.2, 0.25) is 0 Å². The molecule has 1 fully saturated rings. The SMILES string of the molecule is O=C(N[C@@H]1CS(=O)(=O)C[C@@H]1Cl)c1cccs1. The summed E-state index contributed by atoms with van der Waals surface area (Å²) in [5.74, 6) is -0.398. The number of nitrogens with one attached hydrogen (secondary N) is 1. The highest BCUT2D eigenvalue weighted by Crippen LogP contribution is 2.19. The average Bonchev–Trinajstić information content (AvgIpc) is 2.74. The molecule has 1 aliphatic rings. The fourth-order valence-corrected chi connectivity index (χ4v) is 4.76. The fourth-order valence-electron chi connectivity index (χ4n) is 1.58. The van der Waals surface area contributed by atoms with E-state index in [4.69, 9.17) is 11.6 Å².